The standard InChI is InChI=1S/C12H14O6S/c1-2-19(15,16)9-6-8-4-3-5-17-11(8)10(7-9)18-12(13)14/h6-7H,2-5H2,1H3,(H,13,14). The van der Waals surface area contributed by atoms with Gasteiger partial charge < -0.3 is 14.6 Å². The van der Waals surface area contributed by atoms with E-state index in [0.29, 0.717) is 24.3 Å². The van der Waals surface area contributed by atoms with Crippen molar-refractivity contribution < 1.29 is 27.8 Å². The van der Waals surface area contributed by atoms with Crippen LogP contribution < -0.4 is 9.47 Å². The second-order valence-corrected chi connectivity index (χ2v) is 6.41. The maximum Gasteiger partial charge on any atom is 0.511 e. The number of benzene rings is 1. The van der Waals surface area contributed by atoms with Crippen molar-refractivity contribution in [3.63, 3.8) is 0 Å². The maximum atomic E-state index is 11.9. The number of hydrogen-bond acceptors (Lipinski definition) is 5. The Morgan fingerprint density at radius 3 is 2.84 bits per heavy atom. The zero-order chi connectivity index (χ0) is 14.0. The molecule has 1 N–H and O–H groups in total. The minimum absolute atomic E-state index is 0.0564. The highest BCUT2D eigenvalue weighted by Gasteiger charge is 2.23. The number of aryl methyl sites for hydroxylation is 1. The summed E-state index contributed by atoms with van der Waals surface area (Å²) in [6.07, 6.45) is -0.101. The predicted molar refractivity (Wildman–Crippen MR) is 66.6 cm³/mol. The summed E-state index contributed by atoms with van der Waals surface area (Å²) in [5, 5.41) is 8.69. The highest BCUT2D eigenvalue weighted by molar-refractivity contribution is 7.91. The first-order valence-corrected chi connectivity index (χ1v) is 7.52. The molecule has 0 aliphatic carbocycles. The third kappa shape index (κ3) is 2.81. The minimum atomic E-state index is -3.42. The number of rotatable bonds is 3. The normalized spacial score (nSPS) is 14.4. The molecular formula is C12H14O6S. The largest absolute Gasteiger partial charge is 0.511 e. The van der Waals surface area contributed by atoms with E-state index in [2.05, 4.69) is 4.74 Å². The Balaban J connectivity index is 2.57. The van der Waals surface area contributed by atoms with Crippen LogP contribution in [0, 0.1) is 0 Å². The van der Waals surface area contributed by atoms with Crippen LogP contribution in [-0.4, -0.2) is 32.0 Å². The van der Waals surface area contributed by atoms with Gasteiger partial charge in [0.15, 0.2) is 21.3 Å². The average molecular weight is 286 g/mol. The van der Waals surface area contributed by atoms with Gasteiger partial charge in [-0.2, -0.15) is 0 Å². The van der Waals surface area contributed by atoms with E-state index >= 15 is 0 Å². The number of sulfone groups is 1. The number of fused-ring (bicyclic) bond motifs is 1. The summed E-state index contributed by atoms with van der Waals surface area (Å²) < 4.78 is 33.8. The highest BCUT2D eigenvalue weighted by Crippen LogP contribution is 2.37. The fourth-order valence-electron chi connectivity index (χ4n) is 1.93. The predicted octanol–water partition coefficient (Wildman–Crippen LogP) is 1.86. The average Bonchev–Trinajstić information content (AvgIpc) is 2.38. The Hall–Kier alpha value is -1.76. The third-order valence-corrected chi connectivity index (χ3v) is 4.59. The van der Waals surface area contributed by atoms with Gasteiger partial charge in [0.1, 0.15) is 0 Å². The van der Waals surface area contributed by atoms with Crippen LogP contribution in [0.3, 0.4) is 0 Å². The van der Waals surface area contributed by atoms with Gasteiger partial charge in [-0.25, -0.2) is 13.2 Å². The van der Waals surface area contributed by atoms with Crippen LogP contribution in [0.5, 0.6) is 11.5 Å². The summed E-state index contributed by atoms with van der Waals surface area (Å²) >= 11 is 0. The van der Waals surface area contributed by atoms with Crippen LogP contribution in [0.2, 0.25) is 0 Å². The molecule has 1 aromatic rings. The van der Waals surface area contributed by atoms with Crippen LogP contribution in [0.25, 0.3) is 0 Å². The lowest BCUT2D eigenvalue weighted by molar-refractivity contribution is 0.141. The van der Waals surface area contributed by atoms with E-state index in [1.54, 1.807) is 0 Å². The quantitative estimate of drug-likeness (QED) is 0.673. The minimum Gasteiger partial charge on any atom is -0.489 e. The molecule has 0 unspecified atom stereocenters. The molecule has 6 nitrogen and oxygen atoms in total. The molecule has 0 spiro atoms. The Morgan fingerprint density at radius 1 is 1.47 bits per heavy atom. The van der Waals surface area contributed by atoms with E-state index in [-0.39, 0.29) is 16.4 Å². The van der Waals surface area contributed by atoms with Gasteiger partial charge >= 0.3 is 6.16 Å². The summed E-state index contributed by atoms with van der Waals surface area (Å²) in [5.41, 5.74) is 0.664. The molecule has 0 aromatic heterocycles. The van der Waals surface area contributed by atoms with Crippen LogP contribution >= 0.6 is 0 Å². The van der Waals surface area contributed by atoms with Crippen molar-refractivity contribution in [1.82, 2.24) is 0 Å². The summed E-state index contributed by atoms with van der Waals surface area (Å²) in [6, 6.07) is 2.74. The molecule has 7 heteroatoms. The molecule has 19 heavy (non-hydrogen) atoms. The van der Waals surface area contributed by atoms with Gasteiger partial charge in [-0.3, -0.25) is 0 Å². The zero-order valence-electron chi connectivity index (χ0n) is 10.4. The lowest BCUT2D eigenvalue weighted by atomic mass is 10.1. The molecule has 0 bridgehead atoms. The first-order chi connectivity index (χ1) is 8.94. The maximum absolute atomic E-state index is 11.9. The van der Waals surface area contributed by atoms with Gasteiger partial charge in [-0.05, 0) is 24.5 Å². The lowest BCUT2D eigenvalue weighted by Crippen LogP contribution is -2.14. The molecule has 1 aliphatic heterocycles. The number of ether oxygens (including phenoxy) is 2. The van der Waals surface area contributed by atoms with Crippen molar-refractivity contribution in [2.75, 3.05) is 12.4 Å². The molecule has 1 aliphatic rings. The topological polar surface area (TPSA) is 89.9 Å². The molecule has 104 valence electrons. The molecule has 2 rings (SSSR count). The van der Waals surface area contributed by atoms with Crippen LogP contribution in [0.4, 0.5) is 4.79 Å². The Kier molecular flexibility index (Phi) is 3.66. The highest BCUT2D eigenvalue weighted by atomic mass is 32.2. The van der Waals surface area contributed by atoms with Crippen molar-refractivity contribution in [2.45, 2.75) is 24.7 Å². The van der Waals surface area contributed by atoms with Crippen molar-refractivity contribution in [2.24, 2.45) is 0 Å². The van der Waals surface area contributed by atoms with E-state index in [0.717, 1.165) is 6.42 Å². The van der Waals surface area contributed by atoms with Crippen molar-refractivity contribution >= 4 is 16.0 Å². The molecule has 0 fully saturated rings. The fourth-order valence-corrected chi connectivity index (χ4v) is 2.88. The Labute approximate surface area is 110 Å². The zero-order valence-corrected chi connectivity index (χ0v) is 11.2. The molecule has 0 saturated heterocycles. The van der Waals surface area contributed by atoms with Crippen LogP contribution in [0.15, 0.2) is 17.0 Å². The van der Waals surface area contributed by atoms with E-state index < -0.39 is 16.0 Å². The number of carbonyl (C=O) groups is 1. The van der Waals surface area contributed by atoms with Crippen molar-refractivity contribution in [1.29, 1.82) is 0 Å². The monoisotopic (exact) mass is 286 g/mol. The second-order valence-electron chi connectivity index (χ2n) is 4.13. The van der Waals surface area contributed by atoms with Crippen LogP contribution in [-0.2, 0) is 16.3 Å². The number of hydrogen-bond donors (Lipinski definition) is 1. The van der Waals surface area contributed by atoms with Gasteiger partial charge in [0.25, 0.3) is 0 Å². The third-order valence-electron chi connectivity index (χ3n) is 2.88. The van der Waals surface area contributed by atoms with Gasteiger partial charge in [-0.15, -0.1) is 0 Å². The summed E-state index contributed by atoms with van der Waals surface area (Å²) in [6.45, 7) is 1.99. The summed E-state index contributed by atoms with van der Waals surface area (Å²) in [5.74, 6) is 0.208. The first kappa shape index (κ1) is 13.7. The fraction of sp³-hybridized carbons (Fsp3) is 0.417. The molecule has 0 saturated carbocycles. The van der Waals surface area contributed by atoms with Crippen molar-refractivity contribution in [3.8, 4) is 11.5 Å². The van der Waals surface area contributed by atoms with Gasteiger partial charge in [0.05, 0.1) is 17.3 Å². The Bertz CT molecular complexity index is 605. The van der Waals surface area contributed by atoms with E-state index in [9.17, 15) is 13.2 Å². The van der Waals surface area contributed by atoms with E-state index in [4.69, 9.17) is 9.84 Å². The molecule has 0 radical (unpaired) electrons. The smallest absolute Gasteiger partial charge is 0.489 e. The second kappa shape index (κ2) is 5.08. The van der Waals surface area contributed by atoms with Gasteiger partial charge in [-0.1, -0.05) is 6.92 Å². The molecule has 1 heterocycles. The molecule has 0 amide bonds. The molecule has 0 atom stereocenters. The first-order valence-electron chi connectivity index (χ1n) is 5.87. The summed E-state index contributed by atoms with van der Waals surface area (Å²) in [7, 11) is -3.42. The van der Waals surface area contributed by atoms with Crippen LogP contribution in [0.1, 0.15) is 18.9 Å². The number of carboxylic acid groups (broad SMARTS) is 1. The van der Waals surface area contributed by atoms with Gasteiger partial charge in [0, 0.05) is 6.07 Å². The van der Waals surface area contributed by atoms with Crippen molar-refractivity contribution in [3.05, 3.63) is 17.7 Å². The Morgan fingerprint density at radius 2 is 2.21 bits per heavy atom. The van der Waals surface area contributed by atoms with E-state index in [1.165, 1.54) is 19.1 Å². The van der Waals surface area contributed by atoms with Gasteiger partial charge in [0.2, 0.25) is 0 Å². The lowest BCUT2D eigenvalue weighted by Gasteiger charge is -2.20. The van der Waals surface area contributed by atoms with E-state index in [1.807, 2.05) is 0 Å². The molecular weight excluding hydrogens is 272 g/mol. The summed E-state index contributed by atoms with van der Waals surface area (Å²) in [4.78, 5) is 10.7. The SMILES string of the molecule is CCS(=O)(=O)c1cc2c(c(OC(=O)O)c1)OCCC2. The molecule has 1 aromatic carbocycles.